The van der Waals surface area contributed by atoms with Crippen molar-refractivity contribution in [2.24, 2.45) is 0 Å². The molecule has 0 saturated heterocycles. The van der Waals surface area contributed by atoms with E-state index in [9.17, 15) is 4.79 Å². The predicted octanol–water partition coefficient (Wildman–Crippen LogP) is 5.36. The van der Waals surface area contributed by atoms with Crippen LogP contribution in [0.5, 0.6) is 0 Å². The molecule has 0 saturated carbocycles. The number of carbonyl (C=O) groups excluding carboxylic acids is 1. The number of anilines is 1. The Morgan fingerprint density at radius 1 is 1.21 bits per heavy atom. The summed E-state index contributed by atoms with van der Waals surface area (Å²) >= 11 is 0. The highest BCUT2D eigenvalue weighted by molar-refractivity contribution is 5.91. The molecule has 0 fully saturated rings. The first-order valence-corrected chi connectivity index (χ1v) is 8.37. The molecule has 4 heteroatoms. The standard InChI is InChI=1S/C20H22N2O2/c1-4-6-19(23)21-16-8-5-7-15(11-16)20-22-17-12-14(13(2)3)9-10-18(17)24-20/h5,7-13H,4,6H2,1-3H3,(H,21,23). The van der Waals surface area contributed by atoms with Gasteiger partial charge in [0.1, 0.15) is 5.52 Å². The monoisotopic (exact) mass is 322 g/mol. The highest BCUT2D eigenvalue weighted by atomic mass is 16.3. The van der Waals surface area contributed by atoms with Crippen LogP contribution in [0, 0.1) is 0 Å². The molecule has 0 aliphatic heterocycles. The molecule has 0 unspecified atom stereocenters. The fourth-order valence-corrected chi connectivity index (χ4v) is 2.61. The number of benzene rings is 2. The van der Waals surface area contributed by atoms with Crippen molar-refractivity contribution in [1.82, 2.24) is 4.98 Å². The van der Waals surface area contributed by atoms with Gasteiger partial charge < -0.3 is 9.73 Å². The lowest BCUT2D eigenvalue weighted by molar-refractivity contribution is -0.116. The molecule has 1 amide bonds. The maximum absolute atomic E-state index is 11.8. The molecule has 0 atom stereocenters. The molecule has 0 radical (unpaired) electrons. The van der Waals surface area contributed by atoms with Gasteiger partial charge in [-0.05, 0) is 48.2 Å². The number of nitrogens with one attached hydrogen (secondary N) is 1. The van der Waals surface area contributed by atoms with Gasteiger partial charge in [0, 0.05) is 17.7 Å². The lowest BCUT2D eigenvalue weighted by atomic mass is 10.0. The molecular weight excluding hydrogens is 300 g/mol. The maximum atomic E-state index is 11.8. The smallest absolute Gasteiger partial charge is 0.227 e. The van der Waals surface area contributed by atoms with Crippen molar-refractivity contribution < 1.29 is 9.21 Å². The van der Waals surface area contributed by atoms with Crippen LogP contribution in [-0.2, 0) is 4.79 Å². The van der Waals surface area contributed by atoms with Crippen molar-refractivity contribution in [3.63, 3.8) is 0 Å². The third-order valence-electron chi connectivity index (χ3n) is 3.95. The Morgan fingerprint density at radius 2 is 2.04 bits per heavy atom. The summed E-state index contributed by atoms with van der Waals surface area (Å²) in [5.41, 5.74) is 4.48. The molecule has 124 valence electrons. The molecule has 1 heterocycles. The van der Waals surface area contributed by atoms with E-state index >= 15 is 0 Å². The summed E-state index contributed by atoms with van der Waals surface area (Å²) in [4.78, 5) is 16.4. The van der Waals surface area contributed by atoms with E-state index in [1.165, 1.54) is 5.56 Å². The fourth-order valence-electron chi connectivity index (χ4n) is 2.61. The highest BCUT2D eigenvalue weighted by Gasteiger charge is 2.11. The summed E-state index contributed by atoms with van der Waals surface area (Å²) in [5.74, 6) is 1.04. The number of hydrogen-bond acceptors (Lipinski definition) is 3. The molecule has 4 nitrogen and oxygen atoms in total. The Morgan fingerprint density at radius 3 is 2.79 bits per heavy atom. The first-order chi connectivity index (χ1) is 11.6. The number of hydrogen-bond donors (Lipinski definition) is 1. The van der Waals surface area contributed by atoms with Crippen molar-refractivity contribution in [3.05, 3.63) is 48.0 Å². The molecular formula is C20H22N2O2. The van der Waals surface area contributed by atoms with Crippen LogP contribution in [0.4, 0.5) is 5.69 Å². The van der Waals surface area contributed by atoms with Crippen LogP contribution >= 0.6 is 0 Å². The van der Waals surface area contributed by atoms with E-state index in [0.29, 0.717) is 18.2 Å². The number of carbonyl (C=O) groups is 1. The van der Waals surface area contributed by atoms with Gasteiger partial charge in [-0.25, -0.2) is 4.98 Å². The Hall–Kier alpha value is -2.62. The second kappa shape index (κ2) is 6.87. The van der Waals surface area contributed by atoms with Gasteiger partial charge in [-0.2, -0.15) is 0 Å². The van der Waals surface area contributed by atoms with Gasteiger partial charge in [0.2, 0.25) is 11.8 Å². The predicted molar refractivity (Wildman–Crippen MR) is 97.1 cm³/mol. The Kier molecular flexibility index (Phi) is 4.65. The minimum atomic E-state index is 0.0220. The number of rotatable bonds is 5. The second-order valence-corrected chi connectivity index (χ2v) is 6.28. The summed E-state index contributed by atoms with van der Waals surface area (Å²) in [6.07, 6.45) is 1.35. The Labute approximate surface area is 141 Å². The molecule has 0 spiro atoms. The normalized spacial score (nSPS) is 11.2. The van der Waals surface area contributed by atoms with Crippen LogP contribution in [0.15, 0.2) is 46.9 Å². The SMILES string of the molecule is CCCC(=O)Nc1cccc(-c2nc3cc(C(C)C)ccc3o2)c1. The first kappa shape index (κ1) is 16.2. The van der Waals surface area contributed by atoms with Gasteiger partial charge >= 0.3 is 0 Å². The molecule has 1 aromatic heterocycles. The van der Waals surface area contributed by atoms with E-state index < -0.39 is 0 Å². The third-order valence-corrected chi connectivity index (χ3v) is 3.95. The lowest BCUT2D eigenvalue weighted by Crippen LogP contribution is -2.10. The maximum Gasteiger partial charge on any atom is 0.227 e. The molecule has 0 aliphatic rings. The average molecular weight is 322 g/mol. The Bertz CT molecular complexity index is 865. The summed E-state index contributed by atoms with van der Waals surface area (Å²) in [6.45, 7) is 6.30. The van der Waals surface area contributed by atoms with E-state index in [4.69, 9.17) is 4.42 Å². The summed E-state index contributed by atoms with van der Waals surface area (Å²) in [7, 11) is 0. The molecule has 1 N–H and O–H groups in total. The van der Waals surface area contributed by atoms with Crippen LogP contribution in [0.25, 0.3) is 22.6 Å². The zero-order chi connectivity index (χ0) is 17.1. The molecule has 0 aliphatic carbocycles. The largest absolute Gasteiger partial charge is 0.436 e. The lowest BCUT2D eigenvalue weighted by Gasteiger charge is -2.05. The summed E-state index contributed by atoms with van der Waals surface area (Å²) < 4.78 is 5.87. The molecule has 2 aromatic carbocycles. The summed E-state index contributed by atoms with van der Waals surface area (Å²) in [5, 5.41) is 2.90. The van der Waals surface area contributed by atoms with Crippen LogP contribution in [0.1, 0.15) is 45.1 Å². The van der Waals surface area contributed by atoms with Crippen molar-refractivity contribution >= 4 is 22.7 Å². The van der Waals surface area contributed by atoms with Crippen molar-refractivity contribution in [2.75, 3.05) is 5.32 Å². The minimum Gasteiger partial charge on any atom is -0.436 e. The number of amides is 1. The molecule has 0 bridgehead atoms. The second-order valence-electron chi connectivity index (χ2n) is 6.28. The van der Waals surface area contributed by atoms with Crippen LogP contribution in [-0.4, -0.2) is 10.9 Å². The molecule has 3 rings (SSSR count). The van der Waals surface area contributed by atoms with E-state index in [0.717, 1.165) is 28.8 Å². The first-order valence-electron chi connectivity index (χ1n) is 8.37. The molecule has 3 aromatic rings. The topological polar surface area (TPSA) is 55.1 Å². The van der Waals surface area contributed by atoms with Gasteiger partial charge in [0.25, 0.3) is 0 Å². The highest BCUT2D eigenvalue weighted by Crippen LogP contribution is 2.28. The zero-order valence-corrected chi connectivity index (χ0v) is 14.3. The van der Waals surface area contributed by atoms with Gasteiger partial charge in [0.05, 0.1) is 0 Å². The van der Waals surface area contributed by atoms with Crippen molar-refractivity contribution in [2.45, 2.75) is 39.5 Å². The van der Waals surface area contributed by atoms with Crippen LogP contribution in [0.2, 0.25) is 0 Å². The number of oxazole rings is 1. The number of aromatic nitrogens is 1. The van der Waals surface area contributed by atoms with E-state index in [2.05, 4.69) is 36.3 Å². The van der Waals surface area contributed by atoms with Crippen molar-refractivity contribution in [1.29, 1.82) is 0 Å². The van der Waals surface area contributed by atoms with Gasteiger partial charge in [0.15, 0.2) is 5.58 Å². The third kappa shape index (κ3) is 3.48. The average Bonchev–Trinajstić information content (AvgIpc) is 2.98. The van der Waals surface area contributed by atoms with Crippen LogP contribution < -0.4 is 5.32 Å². The van der Waals surface area contributed by atoms with E-state index in [1.54, 1.807) is 0 Å². The van der Waals surface area contributed by atoms with Gasteiger partial charge in [-0.1, -0.05) is 32.9 Å². The van der Waals surface area contributed by atoms with Crippen molar-refractivity contribution in [3.8, 4) is 11.5 Å². The quantitative estimate of drug-likeness (QED) is 0.688. The zero-order valence-electron chi connectivity index (χ0n) is 14.3. The Balaban J connectivity index is 1.91. The minimum absolute atomic E-state index is 0.0220. The van der Waals surface area contributed by atoms with Crippen LogP contribution in [0.3, 0.4) is 0 Å². The summed E-state index contributed by atoms with van der Waals surface area (Å²) in [6, 6.07) is 13.7. The van der Waals surface area contributed by atoms with E-state index in [1.807, 2.05) is 37.3 Å². The fraction of sp³-hybridized carbons (Fsp3) is 0.300. The number of fused-ring (bicyclic) bond motifs is 1. The number of nitrogens with zero attached hydrogens (tertiary/aromatic N) is 1. The van der Waals surface area contributed by atoms with Gasteiger partial charge in [-0.3, -0.25) is 4.79 Å². The van der Waals surface area contributed by atoms with E-state index in [-0.39, 0.29) is 5.91 Å². The van der Waals surface area contributed by atoms with Gasteiger partial charge in [-0.15, -0.1) is 0 Å². The molecule has 24 heavy (non-hydrogen) atoms.